The van der Waals surface area contributed by atoms with Gasteiger partial charge < -0.3 is 10.0 Å². The smallest absolute Gasteiger partial charge is 0.303 e. The molecule has 1 aromatic carbocycles. The Morgan fingerprint density at radius 1 is 1.11 bits per heavy atom. The molecular formula is C14H17NO4. The Balaban J connectivity index is 2.63. The molecule has 19 heavy (non-hydrogen) atoms. The first-order chi connectivity index (χ1) is 8.90. The van der Waals surface area contributed by atoms with E-state index in [4.69, 9.17) is 5.11 Å². The minimum Gasteiger partial charge on any atom is -0.481 e. The minimum absolute atomic E-state index is 0.00201. The topological polar surface area (TPSA) is 74.7 Å². The maximum absolute atomic E-state index is 11.7. The Morgan fingerprint density at radius 2 is 1.68 bits per heavy atom. The summed E-state index contributed by atoms with van der Waals surface area (Å²) in [6, 6.07) is 6.86. The number of hydrogen-bond acceptors (Lipinski definition) is 3. The maximum Gasteiger partial charge on any atom is 0.303 e. The molecule has 0 aliphatic heterocycles. The Morgan fingerprint density at radius 3 is 2.16 bits per heavy atom. The van der Waals surface area contributed by atoms with Gasteiger partial charge in [0.05, 0.1) is 6.42 Å². The maximum atomic E-state index is 11.7. The largest absolute Gasteiger partial charge is 0.481 e. The molecule has 0 fully saturated rings. The minimum atomic E-state index is -0.979. The number of Topliss-reactive ketones (excluding diaryl/α,β-unsaturated/α-hetero) is 1. The molecule has 0 saturated heterocycles. The van der Waals surface area contributed by atoms with Gasteiger partial charge in [0, 0.05) is 32.5 Å². The van der Waals surface area contributed by atoms with E-state index in [1.54, 1.807) is 36.2 Å². The summed E-state index contributed by atoms with van der Waals surface area (Å²) in [5.74, 6) is -1.19. The van der Waals surface area contributed by atoms with Crippen molar-refractivity contribution >= 4 is 17.7 Å². The number of aliphatic carboxylic acids is 1. The van der Waals surface area contributed by atoms with E-state index >= 15 is 0 Å². The van der Waals surface area contributed by atoms with Crippen molar-refractivity contribution in [3.05, 3.63) is 35.4 Å². The molecule has 5 nitrogen and oxygen atoms in total. The highest BCUT2D eigenvalue weighted by Crippen LogP contribution is 2.10. The Kier molecular flexibility index (Phi) is 5.23. The number of carbonyl (C=O) groups excluding carboxylic acids is 2. The Labute approximate surface area is 111 Å². The van der Waals surface area contributed by atoms with Crippen LogP contribution in [0.5, 0.6) is 0 Å². The van der Waals surface area contributed by atoms with Gasteiger partial charge in [-0.15, -0.1) is 0 Å². The highest BCUT2D eigenvalue weighted by Gasteiger charge is 2.09. The zero-order chi connectivity index (χ0) is 14.4. The lowest BCUT2D eigenvalue weighted by atomic mass is 10.0. The second kappa shape index (κ2) is 6.68. The van der Waals surface area contributed by atoms with Gasteiger partial charge >= 0.3 is 5.97 Å². The summed E-state index contributed by atoms with van der Waals surface area (Å²) in [5, 5.41) is 8.51. The number of amides is 1. The standard InChI is InChI=1S/C14H17NO4/c1-10(16)15(2)9-11-3-5-12(6-4-11)13(17)7-8-14(18)19/h3-6H,7-9H2,1-2H3,(H,18,19). The zero-order valence-electron chi connectivity index (χ0n) is 11.0. The normalized spacial score (nSPS) is 10.0. The van der Waals surface area contributed by atoms with E-state index in [2.05, 4.69) is 0 Å². The molecule has 0 aromatic heterocycles. The molecule has 1 rings (SSSR count). The van der Waals surface area contributed by atoms with Gasteiger partial charge in [0.2, 0.25) is 5.91 Å². The number of carboxylic acids is 1. The summed E-state index contributed by atoms with van der Waals surface area (Å²) in [7, 11) is 1.70. The first-order valence-electron chi connectivity index (χ1n) is 5.96. The molecule has 0 aliphatic carbocycles. The van der Waals surface area contributed by atoms with Crippen LogP contribution in [0.3, 0.4) is 0 Å². The van der Waals surface area contributed by atoms with E-state index in [1.807, 2.05) is 0 Å². The third kappa shape index (κ3) is 4.91. The Bertz CT molecular complexity index is 479. The van der Waals surface area contributed by atoms with Crippen LogP contribution in [0.15, 0.2) is 24.3 Å². The number of rotatable bonds is 6. The summed E-state index contributed by atoms with van der Waals surface area (Å²) in [4.78, 5) is 34.7. The van der Waals surface area contributed by atoms with Gasteiger partial charge in [0.15, 0.2) is 5.78 Å². The van der Waals surface area contributed by atoms with E-state index in [9.17, 15) is 14.4 Å². The fourth-order valence-electron chi connectivity index (χ4n) is 1.55. The molecule has 0 saturated carbocycles. The summed E-state index contributed by atoms with van der Waals surface area (Å²) >= 11 is 0. The van der Waals surface area contributed by atoms with Gasteiger partial charge in [0.1, 0.15) is 0 Å². The van der Waals surface area contributed by atoms with E-state index < -0.39 is 5.97 Å². The van der Waals surface area contributed by atoms with Gasteiger partial charge in [0.25, 0.3) is 0 Å². The summed E-state index contributed by atoms with van der Waals surface area (Å²) in [6.07, 6.45) is -0.157. The number of hydrogen-bond donors (Lipinski definition) is 1. The molecule has 0 heterocycles. The molecule has 0 atom stereocenters. The highest BCUT2D eigenvalue weighted by molar-refractivity contribution is 5.97. The van der Waals surface area contributed by atoms with Crippen LogP contribution in [0.25, 0.3) is 0 Å². The molecule has 1 aromatic rings. The van der Waals surface area contributed by atoms with Crippen molar-refractivity contribution in [2.45, 2.75) is 26.3 Å². The van der Waals surface area contributed by atoms with Crippen molar-refractivity contribution in [3.63, 3.8) is 0 Å². The lowest BCUT2D eigenvalue weighted by Crippen LogP contribution is -2.22. The molecule has 0 radical (unpaired) electrons. The molecule has 0 unspecified atom stereocenters. The molecule has 0 bridgehead atoms. The highest BCUT2D eigenvalue weighted by atomic mass is 16.4. The second-order valence-electron chi connectivity index (χ2n) is 4.39. The lowest BCUT2D eigenvalue weighted by molar-refractivity contribution is -0.137. The number of carbonyl (C=O) groups is 3. The molecule has 0 aliphatic rings. The van der Waals surface area contributed by atoms with Gasteiger partial charge in [-0.3, -0.25) is 14.4 Å². The van der Waals surface area contributed by atoms with Crippen LogP contribution in [-0.4, -0.2) is 34.7 Å². The van der Waals surface area contributed by atoms with Crippen molar-refractivity contribution in [2.24, 2.45) is 0 Å². The monoisotopic (exact) mass is 263 g/mol. The average molecular weight is 263 g/mol. The average Bonchev–Trinajstić information content (AvgIpc) is 2.36. The molecule has 1 N–H and O–H groups in total. The lowest BCUT2D eigenvalue weighted by Gasteiger charge is -2.14. The van der Waals surface area contributed by atoms with Gasteiger partial charge in [-0.1, -0.05) is 24.3 Å². The van der Waals surface area contributed by atoms with Gasteiger partial charge in [-0.05, 0) is 5.56 Å². The summed E-state index contributed by atoms with van der Waals surface area (Å²) in [5.41, 5.74) is 1.42. The van der Waals surface area contributed by atoms with Crippen LogP contribution in [0.2, 0.25) is 0 Å². The second-order valence-corrected chi connectivity index (χ2v) is 4.39. The van der Waals surface area contributed by atoms with Gasteiger partial charge in [-0.2, -0.15) is 0 Å². The number of nitrogens with zero attached hydrogens (tertiary/aromatic N) is 1. The predicted molar refractivity (Wildman–Crippen MR) is 69.8 cm³/mol. The van der Waals surface area contributed by atoms with Crippen LogP contribution in [0.1, 0.15) is 35.7 Å². The van der Waals surface area contributed by atoms with Crippen LogP contribution in [0, 0.1) is 0 Å². The predicted octanol–water partition coefficient (Wildman–Crippen LogP) is 1.71. The van der Waals surface area contributed by atoms with Crippen LogP contribution >= 0.6 is 0 Å². The van der Waals surface area contributed by atoms with E-state index in [0.29, 0.717) is 12.1 Å². The molecule has 102 valence electrons. The van der Waals surface area contributed by atoms with Crippen molar-refractivity contribution in [1.29, 1.82) is 0 Å². The van der Waals surface area contributed by atoms with E-state index in [-0.39, 0.29) is 24.5 Å². The van der Waals surface area contributed by atoms with Crippen LogP contribution in [0.4, 0.5) is 0 Å². The third-order valence-electron chi connectivity index (χ3n) is 2.80. The quantitative estimate of drug-likeness (QED) is 0.793. The van der Waals surface area contributed by atoms with Crippen molar-refractivity contribution < 1.29 is 19.5 Å². The van der Waals surface area contributed by atoms with E-state index in [0.717, 1.165) is 5.56 Å². The van der Waals surface area contributed by atoms with Crippen LogP contribution in [-0.2, 0) is 16.1 Å². The van der Waals surface area contributed by atoms with E-state index in [1.165, 1.54) is 6.92 Å². The van der Waals surface area contributed by atoms with Crippen molar-refractivity contribution in [2.75, 3.05) is 7.05 Å². The third-order valence-corrected chi connectivity index (χ3v) is 2.80. The first kappa shape index (κ1) is 14.9. The summed E-state index contributed by atoms with van der Waals surface area (Å²) in [6.45, 7) is 1.97. The number of benzene rings is 1. The Hall–Kier alpha value is -2.17. The molecule has 1 amide bonds. The van der Waals surface area contributed by atoms with Crippen molar-refractivity contribution in [3.8, 4) is 0 Å². The fourth-order valence-corrected chi connectivity index (χ4v) is 1.55. The van der Waals surface area contributed by atoms with Crippen LogP contribution < -0.4 is 0 Å². The summed E-state index contributed by atoms with van der Waals surface area (Å²) < 4.78 is 0. The molecule has 5 heteroatoms. The first-order valence-corrected chi connectivity index (χ1v) is 5.96. The SMILES string of the molecule is CC(=O)N(C)Cc1ccc(C(=O)CCC(=O)O)cc1. The fraction of sp³-hybridized carbons (Fsp3) is 0.357. The number of carboxylic acid groups (broad SMARTS) is 1. The van der Waals surface area contributed by atoms with Crippen molar-refractivity contribution in [1.82, 2.24) is 4.90 Å². The zero-order valence-corrected chi connectivity index (χ0v) is 11.0. The van der Waals surface area contributed by atoms with Gasteiger partial charge in [-0.25, -0.2) is 0 Å². The molecular weight excluding hydrogens is 246 g/mol. The molecule has 0 spiro atoms. The number of ketones is 1.